The predicted molar refractivity (Wildman–Crippen MR) is 96.7 cm³/mol. The Morgan fingerprint density at radius 2 is 1.62 bits per heavy atom. The normalized spacial score (nSPS) is 27.9. The lowest BCUT2D eigenvalue weighted by Crippen LogP contribution is -2.45. The monoisotopic (exact) mass is 350 g/mol. The van der Waals surface area contributed by atoms with Crippen LogP contribution in [0.15, 0.2) is 24.3 Å². The smallest absolute Gasteiger partial charge is 0.314 e. The lowest BCUT2D eigenvalue weighted by Gasteiger charge is -2.38. The molecule has 0 radical (unpaired) electrons. The van der Waals surface area contributed by atoms with E-state index in [0.717, 1.165) is 24.6 Å². The second-order valence-electron chi connectivity index (χ2n) is 7.22. The summed E-state index contributed by atoms with van der Waals surface area (Å²) in [6.45, 7) is 5.67. The molecule has 2 N–H and O–H groups in total. The van der Waals surface area contributed by atoms with E-state index in [4.69, 9.17) is 11.6 Å². The highest BCUT2D eigenvalue weighted by Crippen LogP contribution is 2.34. The molecule has 4 nitrogen and oxygen atoms in total. The van der Waals surface area contributed by atoms with Crippen LogP contribution in [0.5, 0.6) is 0 Å². The molecule has 5 heteroatoms. The van der Waals surface area contributed by atoms with E-state index in [9.17, 15) is 9.90 Å². The second kappa shape index (κ2) is 7.85. The van der Waals surface area contributed by atoms with E-state index in [2.05, 4.69) is 10.2 Å². The average molecular weight is 351 g/mol. The number of carboxylic acid groups (broad SMARTS) is 1. The molecular formula is C19H27ClN2O2. The van der Waals surface area contributed by atoms with Crippen molar-refractivity contribution in [2.75, 3.05) is 32.7 Å². The summed E-state index contributed by atoms with van der Waals surface area (Å²) >= 11 is 5.82. The van der Waals surface area contributed by atoms with Gasteiger partial charge in [-0.3, -0.25) is 4.79 Å². The molecule has 4 saturated heterocycles. The van der Waals surface area contributed by atoms with Gasteiger partial charge in [0, 0.05) is 5.02 Å². The van der Waals surface area contributed by atoms with Gasteiger partial charge in [-0.2, -0.15) is 0 Å². The van der Waals surface area contributed by atoms with Gasteiger partial charge >= 0.3 is 5.97 Å². The molecular weight excluding hydrogens is 324 g/mol. The molecule has 4 aliphatic heterocycles. The Bertz CT molecular complexity index is 524. The minimum atomic E-state index is -0.740. The van der Waals surface area contributed by atoms with Crippen molar-refractivity contribution in [1.29, 1.82) is 0 Å². The van der Waals surface area contributed by atoms with Crippen LogP contribution in [0.3, 0.4) is 0 Å². The van der Waals surface area contributed by atoms with Gasteiger partial charge in [-0.05, 0) is 88.4 Å². The number of aliphatic carboxylic acids is 1. The van der Waals surface area contributed by atoms with Crippen molar-refractivity contribution in [3.05, 3.63) is 34.9 Å². The summed E-state index contributed by atoms with van der Waals surface area (Å²) in [5.74, 6) is 0.372. The standard InChI is InChI=1S/C12H14ClNO2.C7H13N/c13-10-3-1-9(2-4-10)12(11(15)16)5-7-14-8-6-12;1-4-8-5-2-7(1)3-6-8/h1-4,14H,5-8H2,(H,15,16);7H,1-6H2. The van der Waals surface area contributed by atoms with Crippen molar-refractivity contribution in [3.63, 3.8) is 0 Å². The lowest BCUT2D eigenvalue weighted by molar-refractivity contribution is -0.145. The lowest BCUT2D eigenvalue weighted by atomic mass is 9.73. The van der Waals surface area contributed by atoms with E-state index < -0.39 is 11.4 Å². The molecule has 1 aromatic carbocycles. The van der Waals surface area contributed by atoms with Crippen LogP contribution in [-0.2, 0) is 10.2 Å². The van der Waals surface area contributed by atoms with E-state index >= 15 is 0 Å². The van der Waals surface area contributed by atoms with Crippen LogP contribution >= 0.6 is 11.6 Å². The van der Waals surface area contributed by atoms with E-state index in [0.29, 0.717) is 17.9 Å². The minimum absolute atomic E-state index is 0.629. The number of fused-ring (bicyclic) bond motifs is 3. The third-order valence-electron chi connectivity index (χ3n) is 5.82. The molecule has 132 valence electrons. The molecule has 4 heterocycles. The largest absolute Gasteiger partial charge is 0.481 e. The van der Waals surface area contributed by atoms with Gasteiger partial charge in [-0.15, -0.1) is 0 Å². The van der Waals surface area contributed by atoms with Crippen LogP contribution in [0.4, 0.5) is 0 Å². The van der Waals surface area contributed by atoms with Gasteiger partial charge in [0.15, 0.2) is 0 Å². The van der Waals surface area contributed by atoms with Gasteiger partial charge in [-0.25, -0.2) is 0 Å². The first-order valence-electron chi connectivity index (χ1n) is 9.03. The van der Waals surface area contributed by atoms with Crippen LogP contribution in [0.25, 0.3) is 0 Å². The van der Waals surface area contributed by atoms with Crippen LogP contribution in [0.2, 0.25) is 5.02 Å². The van der Waals surface area contributed by atoms with E-state index in [-0.39, 0.29) is 0 Å². The Kier molecular flexibility index (Phi) is 5.80. The van der Waals surface area contributed by atoms with Gasteiger partial charge in [-0.1, -0.05) is 23.7 Å². The Morgan fingerprint density at radius 3 is 2.00 bits per heavy atom. The van der Waals surface area contributed by atoms with Crippen molar-refractivity contribution in [2.45, 2.75) is 37.5 Å². The summed E-state index contributed by atoms with van der Waals surface area (Å²) in [6, 6.07) is 7.15. The topological polar surface area (TPSA) is 52.6 Å². The molecule has 4 fully saturated rings. The molecule has 5 rings (SSSR count). The van der Waals surface area contributed by atoms with Crippen molar-refractivity contribution in [1.82, 2.24) is 10.2 Å². The number of hydrogen-bond acceptors (Lipinski definition) is 3. The summed E-state index contributed by atoms with van der Waals surface area (Å²) in [6.07, 6.45) is 5.72. The molecule has 0 amide bonds. The van der Waals surface area contributed by atoms with Crippen molar-refractivity contribution < 1.29 is 9.90 Å². The summed E-state index contributed by atoms with van der Waals surface area (Å²) < 4.78 is 0. The zero-order valence-electron chi connectivity index (χ0n) is 14.1. The summed E-state index contributed by atoms with van der Waals surface area (Å²) in [5.41, 5.74) is 0.112. The van der Waals surface area contributed by atoms with Gasteiger partial charge < -0.3 is 15.3 Å². The number of benzene rings is 1. The van der Waals surface area contributed by atoms with Gasteiger partial charge in [0.05, 0.1) is 5.41 Å². The van der Waals surface area contributed by atoms with E-state index in [1.807, 2.05) is 12.1 Å². The molecule has 1 aromatic rings. The fraction of sp³-hybridized carbons (Fsp3) is 0.632. The molecule has 0 atom stereocenters. The molecule has 4 aliphatic rings. The summed E-state index contributed by atoms with van der Waals surface area (Å²) in [5, 5.41) is 13.3. The highest BCUT2D eigenvalue weighted by molar-refractivity contribution is 6.30. The van der Waals surface area contributed by atoms with Crippen molar-refractivity contribution in [3.8, 4) is 0 Å². The Balaban J connectivity index is 0.000000175. The Labute approximate surface area is 149 Å². The fourth-order valence-electron chi connectivity index (χ4n) is 4.11. The maximum atomic E-state index is 11.5. The van der Waals surface area contributed by atoms with E-state index in [1.165, 1.54) is 38.9 Å². The number of carbonyl (C=O) groups is 1. The quantitative estimate of drug-likeness (QED) is 0.860. The van der Waals surface area contributed by atoms with Crippen LogP contribution in [-0.4, -0.2) is 48.7 Å². The maximum absolute atomic E-state index is 11.5. The number of nitrogens with one attached hydrogen (secondary N) is 1. The first kappa shape index (κ1) is 17.7. The summed E-state index contributed by atoms with van der Waals surface area (Å²) in [4.78, 5) is 14.1. The van der Waals surface area contributed by atoms with Crippen LogP contribution < -0.4 is 5.32 Å². The van der Waals surface area contributed by atoms with Crippen molar-refractivity contribution >= 4 is 17.6 Å². The first-order chi connectivity index (χ1) is 11.6. The van der Waals surface area contributed by atoms with Crippen molar-refractivity contribution in [2.24, 2.45) is 5.92 Å². The number of piperidine rings is 4. The van der Waals surface area contributed by atoms with E-state index in [1.54, 1.807) is 12.1 Å². The zero-order chi connectivity index (χ0) is 17.0. The second-order valence-corrected chi connectivity index (χ2v) is 7.65. The zero-order valence-corrected chi connectivity index (χ0v) is 14.9. The van der Waals surface area contributed by atoms with Crippen LogP contribution in [0.1, 0.15) is 37.7 Å². The molecule has 0 aromatic heterocycles. The molecule has 2 bridgehead atoms. The van der Waals surface area contributed by atoms with Gasteiger partial charge in [0.25, 0.3) is 0 Å². The average Bonchev–Trinajstić information content (AvgIpc) is 2.65. The number of nitrogens with zero attached hydrogens (tertiary/aromatic N) is 1. The number of halogens is 1. The third kappa shape index (κ3) is 3.93. The third-order valence-corrected chi connectivity index (χ3v) is 6.08. The van der Waals surface area contributed by atoms with Crippen LogP contribution in [0, 0.1) is 5.92 Å². The number of carboxylic acids is 1. The predicted octanol–water partition coefficient (Wildman–Crippen LogP) is 3.15. The van der Waals surface area contributed by atoms with Gasteiger partial charge in [0.2, 0.25) is 0 Å². The highest BCUT2D eigenvalue weighted by Gasteiger charge is 2.41. The Hall–Kier alpha value is -1.10. The first-order valence-corrected chi connectivity index (χ1v) is 9.40. The molecule has 0 aliphatic carbocycles. The molecule has 0 unspecified atom stereocenters. The molecule has 24 heavy (non-hydrogen) atoms. The number of rotatable bonds is 2. The molecule has 0 spiro atoms. The fourth-order valence-corrected chi connectivity index (χ4v) is 4.24. The Morgan fingerprint density at radius 1 is 1.08 bits per heavy atom. The SMILES string of the molecule is C1CN2CCC1CC2.O=C(O)C1(c2ccc(Cl)cc2)CCNCC1. The highest BCUT2D eigenvalue weighted by atomic mass is 35.5. The summed E-state index contributed by atoms with van der Waals surface area (Å²) in [7, 11) is 0. The number of hydrogen-bond donors (Lipinski definition) is 2. The minimum Gasteiger partial charge on any atom is -0.481 e. The molecule has 0 saturated carbocycles. The maximum Gasteiger partial charge on any atom is 0.314 e. The van der Waals surface area contributed by atoms with Gasteiger partial charge in [0.1, 0.15) is 0 Å².